The highest BCUT2D eigenvalue weighted by Gasteiger charge is 2.17. The van der Waals surface area contributed by atoms with Crippen LogP contribution < -0.4 is 0 Å². The summed E-state index contributed by atoms with van der Waals surface area (Å²) >= 11 is 1.10. The summed E-state index contributed by atoms with van der Waals surface area (Å²) in [5.41, 5.74) is 0.904. The van der Waals surface area contributed by atoms with Crippen LogP contribution in [0.3, 0.4) is 0 Å². The van der Waals surface area contributed by atoms with Crippen molar-refractivity contribution in [3.63, 3.8) is 0 Å². The number of carbonyl (C=O) groups excluding carboxylic acids is 1. The van der Waals surface area contributed by atoms with E-state index in [1.54, 1.807) is 13.0 Å². The average molecular weight is 248 g/mol. The van der Waals surface area contributed by atoms with E-state index in [2.05, 4.69) is 0 Å². The van der Waals surface area contributed by atoms with Gasteiger partial charge in [0, 0.05) is 4.91 Å². The number of hydrogen-bond donors (Lipinski definition) is 0. The van der Waals surface area contributed by atoms with Gasteiger partial charge in [0.1, 0.15) is 17.0 Å². The van der Waals surface area contributed by atoms with Crippen LogP contribution in [-0.2, 0) is 9.53 Å². The summed E-state index contributed by atoms with van der Waals surface area (Å²) in [5, 5.41) is 19.5. The molecule has 88 valence electrons. The van der Waals surface area contributed by atoms with Crippen molar-refractivity contribution in [3.05, 3.63) is 22.1 Å². The van der Waals surface area contributed by atoms with Gasteiger partial charge < -0.3 is 4.74 Å². The lowest BCUT2D eigenvalue weighted by molar-refractivity contribution is -0.138. The summed E-state index contributed by atoms with van der Waals surface area (Å²) in [5.74, 6) is -0.601. The van der Waals surface area contributed by atoms with E-state index >= 15 is 0 Å². The fourth-order valence-electron chi connectivity index (χ4n) is 1.58. The zero-order valence-electron chi connectivity index (χ0n) is 9.52. The minimum atomic E-state index is -0.601. The summed E-state index contributed by atoms with van der Waals surface area (Å²) in [7, 11) is 0. The summed E-state index contributed by atoms with van der Waals surface area (Å²) in [6.07, 6.45) is 4.14. The van der Waals surface area contributed by atoms with Gasteiger partial charge in [0.2, 0.25) is 0 Å². The maximum atomic E-state index is 11.4. The second-order valence-corrected chi connectivity index (χ2v) is 4.27. The summed E-state index contributed by atoms with van der Waals surface area (Å²) in [6, 6.07) is 1.84. The first-order valence-electron chi connectivity index (χ1n) is 5.29. The number of nitriles is 2. The first-order valence-corrected chi connectivity index (χ1v) is 6.11. The van der Waals surface area contributed by atoms with Gasteiger partial charge in [-0.25, -0.2) is 4.79 Å². The maximum absolute atomic E-state index is 11.4. The molecule has 4 nitrogen and oxygen atoms in total. The predicted molar refractivity (Wildman–Crippen MR) is 64.4 cm³/mol. The third-order valence-electron chi connectivity index (χ3n) is 2.31. The molecule has 5 heteroatoms. The molecule has 0 N–H and O–H groups in total. The van der Waals surface area contributed by atoms with Crippen LogP contribution in [0.15, 0.2) is 22.1 Å². The Balaban J connectivity index is 2.92. The Kier molecular flexibility index (Phi) is 5.32. The van der Waals surface area contributed by atoms with Crippen LogP contribution in [0.4, 0.5) is 0 Å². The molecule has 0 aromatic rings. The van der Waals surface area contributed by atoms with Gasteiger partial charge in [-0.15, -0.1) is 0 Å². The smallest absolute Gasteiger partial charge is 0.348 e. The number of carbonyl (C=O) groups is 1. The molecule has 0 spiro atoms. The van der Waals surface area contributed by atoms with Crippen molar-refractivity contribution in [3.8, 4) is 11.5 Å². The van der Waals surface area contributed by atoms with Crippen molar-refractivity contribution in [2.75, 3.05) is 6.61 Å². The van der Waals surface area contributed by atoms with Gasteiger partial charge >= 0.3 is 5.97 Å². The van der Waals surface area contributed by atoms with E-state index in [-0.39, 0.29) is 12.2 Å². The van der Waals surface area contributed by atoms with Gasteiger partial charge in [-0.2, -0.15) is 10.5 Å². The number of nitrogens with zero attached hydrogens (tertiary/aromatic N) is 2. The largest absolute Gasteiger partial charge is 0.462 e. The van der Waals surface area contributed by atoms with E-state index in [0.29, 0.717) is 0 Å². The quantitative estimate of drug-likeness (QED) is 0.331. The molecule has 0 unspecified atom stereocenters. The van der Waals surface area contributed by atoms with E-state index in [4.69, 9.17) is 15.3 Å². The van der Waals surface area contributed by atoms with Crippen molar-refractivity contribution >= 4 is 17.7 Å². The fourth-order valence-corrected chi connectivity index (χ4v) is 2.23. The van der Waals surface area contributed by atoms with Gasteiger partial charge in [-0.05, 0) is 49.6 Å². The number of esters is 1. The maximum Gasteiger partial charge on any atom is 0.348 e. The van der Waals surface area contributed by atoms with Crippen LogP contribution in [-0.4, -0.2) is 12.6 Å². The molecular formula is C12H12N2O2S. The molecule has 0 fully saturated rings. The third-order valence-corrected chi connectivity index (χ3v) is 3.12. The number of thioether (sulfide) groups is 1. The number of hydrogen-bond acceptors (Lipinski definition) is 5. The Morgan fingerprint density at radius 1 is 1.53 bits per heavy atom. The molecule has 0 saturated heterocycles. The van der Waals surface area contributed by atoms with Crippen molar-refractivity contribution in [1.82, 2.24) is 0 Å². The average Bonchev–Trinajstić information content (AvgIpc) is 2.74. The van der Waals surface area contributed by atoms with Crippen LogP contribution in [0, 0.1) is 22.0 Å². The zero-order valence-corrected chi connectivity index (χ0v) is 10.3. The monoisotopic (exact) mass is 248 g/mol. The number of allylic oxidation sites excluding steroid dienone is 3. The lowest BCUT2D eigenvalue weighted by Crippen LogP contribution is -2.06. The van der Waals surface area contributed by atoms with Gasteiger partial charge in [-0.3, -0.25) is 0 Å². The van der Waals surface area contributed by atoms with Crippen molar-refractivity contribution in [2.24, 2.45) is 0 Å². The second-order valence-electron chi connectivity index (χ2n) is 3.39. The van der Waals surface area contributed by atoms with Gasteiger partial charge in [-0.1, -0.05) is 0 Å². The van der Waals surface area contributed by atoms with Crippen molar-refractivity contribution in [2.45, 2.75) is 26.2 Å². The highest BCUT2D eigenvalue weighted by atomic mass is 32.2. The van der Waals surface area contributed by atoms with Crippen LogP contribution in [0.25, 0.3) is 0 Å². The molecular weight excluding hydrogens is 236 g/mol. The molecule has 0 saturated carbocycles. The minimum Gasteiger partial charge on any atom is -0.462 e. The van der Waals surface area contributed by atoms with Crippen molar-refractivity contribution < 1.29 is 9.53 Å². The molecule has 0 aromatic carbocycles. The Hall–Kier alpha value is -1.72. The van der Waals surface area contributed by atoms with Gasteiger partial charge in [0.25, 0.3) is 0 Å². The van der Waals surface area contributed by atoms with Gasteiger partial charge in [0.05, 0.1) is 6.61 Å². The molecule has 0 heterocycles. The highest BCUT2D eigenvalue weighted by Crippen LogP contribution is 2.34. The highest BCUT2D eigenvalue weighted by molar-refractivity contribution is 8.07. The first kappa shape index (κ1) is 13.3. The third kappa shape index (κ3) is 3.65. The lowest BCUT2D eigenvalue weighted by atomic mass is 10.1. The molecule has 0 aromatic heterocycles. The van der Waals surface area contributed by atoms with E-state index in [1.165, 1.54) is 0 Å². The molecule has 17 heavy (non-hydrogen) atoms. The SMILES string of the molecule is CCOC(=O)/C(C#N)=C/C1=C(SC#N)CCC1. The van der Waals surface area contributed by atoms with Gasteiger partial charge in [0.15, 0.2) is 0 Å². The topological polar surface area (TPSA) is 73.9 Å². The molecule has 0 radical (unpaired) electrons. The summed E-state index contributed by atoms with van der Waals surface area (Å²) in [4.78, 5) is 12.4. The number of thiocyanates is 1. The Morgan fingerprint density at radius 3 is 2.88 bits per heavy atom. The molecule has 1 rings (SSSR count). The van der Waals surface area contributed by atoms with E-state index < -0.39 is 5.97 Å². The molecule has 0 atom stereocenters. The molecule has 1 aliphatic rings. The molecule has 1 aliphatic carbocycles. The molecule has 0 aliphatic heterocycles. The minimum absolute atomic E-state index is 0.000195. The molecule has 0 amide bonds. The molecule has 0 bridgehead atoms. The van der Waals surface area contributed by atoms with Crippen LogP contribution >= 0.6 is 11.8 Å². The Morgan fingerprint density at radius 2 is 2.29 bits per heavy atom. The number of ether oxygens (including phenoxy) is 1. The lowest BCUT2D eigenvalue weighted by Gasteiger charge is -2.01. The summed E-state index contributed by atoms with van der Waals surface area (Å²) < 4.78 is 4.78. The Bertz CT molecular complexity index is 452. The second kappa shape index (κ2) is 6.78. The zero-order chi connectivity index (χ0) is 12.7. The fraction of sp³-hybridized carbons (Fsp3) is 0.417. The first-order chi connectivity index (χ1) is 8.22. The van der Waals surface area contributed by atoms with Crippen LogP contribution in [0.2, 0.25) is 0 Å². The van der Waals surface area contributed by atoms with Crippen molar-refractivity contribution in [1.29, 1.82) is 10.5 Å². The Labute approximate surface area is 105 Å². The van der Waals surface area contributed by atoms with E-state index in [9.17, 15) is 4.79 Å². The number of rotatable bonds is 4. The normalized spacial score (nSPS) is 15.4. The summed E-state index contributed by atoms with van der Waals surface area (Å²) in [6.45, 7) is 1.94. The van der Waals surface area contributed by atoms with Crippen LogP contribution in [0.5, 0.6) is 0 Å². The predicted octanol–water partition coefficient (Wildman–Crippen LogP) is 2.65. The van der Waals surface area contributed by atoms with E-state index in [1.807, 2.05) is 11.5 Å². The standard InChI is InChI=1S/C12H12N2O2S/c1-2-16-12(15)10(7-13)6-9-4-3-5-11(9)17-8-14/h6H,2-5H2,1H3/b10-6+. The van der Waals surface area contributed by atoms with Crippen LogP contribution in [0.1, 0.15) is 26.2 Å². The van der Waals surface area contributed by atoms with E-state index in [0.717, 1.165) is 41.5 Å².